The third-order valence-electron chi connectivity index (χ3n) is 6.49. The minimum Gasteiger partial charge on any atom is -0.385 e. The Morgan fingerprint density at radius 1 is 1.00 bits per heavy atom. The first-order chi connectivity index (χ1) is 13.6. The number of sulfonamides is 1. The number of hydrogen-bond donors (Lipinski definition) is 2. The number of rotatable bonds is 5. The molecule has 2 fully saturated rings. The van der Waals surface area contributed by atoms with E-state index in [0.29, 0.717) is 24.1 Å². The van der Waals surface area contributed by atoms with E-state index in [9.17, 15) is 21.6 Å². The average molecular weight is 424 g/mol. The Hall–Kier alpha value is -2.06. The van der Waals surface area contributed by atoms with E-state index in [1.54, 1.807) is 12.1 Å². The van der Waals surface area contributed by atoms with E-state index in [2.05, 4.69) is 5.32 Å². The zero-order valence-corrected chi connectivity index (χ0v) is 16.6. The van der Waals surface area contributed by atoms with Crippen LogP contribution in [0.15, 0.2) is 53.4 Å². The van der Waals surface area contributed by atoms with Gasteiger partial charge < -0.3 is 5.32 Å². The maximum atomic E-state index is 12.7. The molecule has 2 aliphatic carbocycles. The van der Waals surface area contributed by atoms with Crippen LogP contribution in [0.25, 0.3) is 0 Å². The van der Waals surface area contributed by atoms with Gasteiger partial charge in [0.15, 0.2) is 0 Å². The standard InChI is InChI=1S/C21H23F3N2O2S/c22-21(23,24)15-5-7-16(8-6-15)26-13-18-19(20(18)11-1-2-12-20)14-3-9-17(10-4-14)29(25,27)28/h3-10,18-19,26H,1-2,11-13H2,(H2,25,27,28). The van der Waals surface area contributed by atoms with Crippen molar-refractivity contribution in [3.8, 4) is 0 Å². The van der Waals surface area contributed by atoms with Crippen LogP contribution in [0.1, 0.15) is 42.7 Å². The Balaban J connectivity index is 1.48. The van der Waals surface area contributed by atoms with Crippen LogP contribution in [0.5, 0.6) is 0 Å². The number of hydrogen-bond acceptors (Lipinski definition) is 3. The van der Waals surface area contributed by atoms with Crippen molar-refractivity contribution in [2.24, 2.45) is 16.5 Å². The van der Waals surface area contributed by atoms with Crippen LogP contribution >= 0.6 is 0 Å². The van der Waals surface area contributed by atoms with E-state index >= 15 is 0 Å². The minimum atomic E-state index is -4.34. The van der Waals surface area contributed by atoms with Crippen molar-refractivity contribution in [2.75, 3.05) is 11.9 Å². The molecule has 0 amide bonds. The second-order valence-corrected chi connectivity index (χ2v) is 9.66. The second-order valence-electron chi connectivity index (χ2n) is 8.09. The molecule has 2 aliphatic rings. The summed E-state index contributed by atoms with van der Waals surface area (Å²) in [5.41, 5.74) is 1.30. The van der Waals surface area contributed by atoms with Gasteiger partial charge in [-0.2, -0.15) is 13.2 Å². The fourth-order valence-corrected chi connectivity index (χ4v) is 5.56. The molecule has 156 valence electrons. The number of benzene rings is 2. The lowest BCUT2D eigenvalue weighted by Crippen LogP contribution is -2.11. The van der Waals surface area contributed by atoms with Crippen LogP contribution in [-0.2, 0) is 16.2 Å². The summed E-state index contributed by atoms with van der Waals surface area (Å²) in [7, 11) is -3.72. The van der Waals surface area contributed by atoms with Gasteiger partial charge in [0.2, 0.25) is 10.0 Å². The first kappa shape index (κ1) is 20.2. The van der Waals surface area contributed by atoms with E-state index in [-0.39, 0.29) is 10.3 Å². The lowest BCUT2D eigenvalue weighted by Gasteiger charge is -2.11. The van der Waals surface area contributed by atoms with E-state index in [1.165, 1.54) is 25.0 Å². The summed E-state index contributed by atoms with van der Waals surface area (Å²) in [6.07, 6.45) is 0.240. The summed E-state index contributed by atoms with van der Waals surface area (Å²) in [6, 6.07) is 11.9. The van der Waals surface area contributed by atoms with E-state index < -0.39 is 21.8 Å². The van der Waals surface area contributed by atoms with Gasteiger partial charge in [-0.15, -0.1) is 0 Å². The Kier molecular flexibility index (Phi) is 4.90. The summed E-state index contributed by atoms with van der Waals surface area (Å²) in [5, 5.41) is 8.47. The van der Waals surface area contributed by atoms with Crippen molar-refractivity contribution in [3.05, 3.63) is 59.7 Å². The molecule has 4 rings (SSSR count). The predicted molar refractivity (Wildman–Crippen MR) is 105 cm³/mol. The SMILES string of the molecule is NS(=O)(=O)c1ccc(C2C(CNc3ccc(C(F)(F)F)cc3)C23CCCC3)cc1. The molecule has 0 bridgehead atoms. The molecule has 0 aromatic heterocycles. The Labute approximate surface area is 168 Å². The van der Waals surface area contributed by atoms with Gasteiger partial charge in [-0.05, 0) is 72.1 Å². The molecule has 2 atom stereocenters. The maximum Gasteiger partial charge on any atom is 0.416 e. The molecular weight excluding hydrogens is 401 g/mol. The smallest absolute Gasteiger partial charge is 0.385 e. The maximum absolute atomic E-state index is 12.7. The van der Waals surface area contributed by atoms with Gasteiger partial charge in [-0.3, -0.25) is 0 Å². The first-order valence-corrected chi connectivity index (χ1v) is 11.2. The second kappa shape index (κ2) is 7.02. The molecule has 2 saturated carbocycles. The third kappa shape index (κ3) is 3.88. The number of anilines is 1. The highest BCUT2D eigenvalue weighted by Gasteiger charge is 2.64. The topological polar surface area (TPSA) is 72.2 Å². The molecule has 1 spiro atoms. The third-order valence-corrected chi connectivity index (χ3v) is 7.42. The largest absolute Gasteiger partial charge is 0.416 e. The van der Waals surface area contributed by atoms with Crippen molar-refractivity contribution in [2.45, 2.75) is 42.7 Å². The molecule has 8 heteroatoms. The Bertz CT molecular complexity index is 980. The Morgan fingerprint density at radius 3 is 2.10 bits per heavy atom. The highest BCUT2D eigenvalue weighted by molar-refractivity contribution is 7.89. The van der Waals surface area contributed by atoms with Crippen molar-refractivity contribution in [1.29, 1.82) is 0 Å². The van der Waals surface area contributed by atoms with Gasteiger partial charge in [0.25, 0.3) is 0 Å². The lowest BCUT2D eigenvalue weighted by molar-refractivity contribution is -0.137. The molecule has 4 nitrogen and oxygen atoms in total. The van der Waals surface area contributed by atoms with Crippen LogP contribution in [0.4, 0.5) is 18.9 Å². The fraction of sp³-hybridized carbons (Fsp3) is 0.429. The van der Waals surface area contributed by atoms with Crippen LogP contribution < -0.4 is 10.5 Å². The summed E-state index contributed by atoms with van der Waals surface area (Å²) in [6.45, 7) is 0.674. The monoisotopic (exact) mass is 424 g/mol. The highest BCUT2D eigenvalue weighted by Crippen LogP contribution is 2.72. The lowest BCUT2D eigenvalue weighted by atomic mass is 9.97. The summed E-state index contributed by atoms with van der Waals surface area (Å²) >= 11 is 0. The molecule has 0 saturated heterocycles. The molecule has 3 N–H and O–H groups in total. The number of primary sulfonamides is 1. The molecular formula is C21H23F3N2O2S. The van der Waals surface area contributed by atoms with E-state index in [0.717, 1.165) is 30.5 Å². The molecule has 29 heavy (non-hydrogen) atoms. The van der Waals surface area contributed by atoms with Crippen LogP contribution in [0.3, 0.4) is 0 Å². The summed E-state index contributed by atoms with van der Waals surface area (Å²) in [4.78, 5) is 0.0989. The molecule has 0 aliphatic heterocycles. The minimum absolute atomic E-state index is 0.0989. The van der Waals surface area contributed by atoms with Gasteiger partial charge >= 0.3 is 6.18 Å². The van der Waals surface area contributed by atoms with Crippen molar-refractivity contribution < 1.29 is 21.6 Å². The molecule has 2 aromatic carbocycles. The predicted octanol–water partition coefficient (Wildman–Crippen LogP) is 4.74. The first-order valence-electron chi connectivity index (χ1n) is 9.65. The molecule has 2 unspecified atom stereocenters. The quantitative estimate of drug-likeness (QED) is 0.728. The van der Waals surface area contributed by atoms with E-state index in [4.69, 9.17) is 5.14 Å². The normalized spacial score (nSPS) is 23.3. The van der Waals surface area contributed by atoms with Crippen molar-refractivity contribution >= 4 is 15.7 Å². The molecule has 0 radical (unpaired) electrons. The van der Waals surface area contributed by atoms with Gasteiger partial charge in [-0.25, -0.2) is 13.6 Å². The van der Waals surface area contributed by atoms with E-state index in [1.807, 2.05) is 12.1 Å². The summed E-state index contributed by atoms with van der Waals surface area (Å²) < 4.78 is 61.1. The van der Waals surface area contributed by atoms with Crippen LogP contribution in [0, 0.1) is 11.3 Å². The zero-order chi connectivity index (χ0) is 20.9. The number of halogens is 3. The molecule has 2 aromatic rings. The molecule has 0 heterocycles. The zero-order valence-electron chi connectivity index (χ0n) is 15.7. The van der Waals surface area contributed by atoms with Crippen molar-refractivity contribution in [3.63, 3.8) is 0 Å². The summed E-state index contributed by atoms with van der Waals surface area (Å²) in [5.74, 6) is 0.689. The van der Waals surface area contributed by atoms with Gasteiger partial charge in [0.05, 0.1) is 10.5 Å². The van der Waals surface area contributed by atoms with Gasteiger partial charge in [0, 0.05) is 12.2 Å². The fourth-order valence-electron chi connectivity index (χ4n) is 5.05. The Morgan fingerprint density at radius 2 is 1.59 bits per heavy atom. The van der Waals surface area contributed by atoms with Crippen LogP contribution in [0.2, 0.25) is 0 Å². The van der Waals surface area contributed by atoms with Gasteiger partial charge in [0.1, 0.15) is 0 Å². The van der Waals surface area contributed by atoms with Crippen LogP contribution in [-0.4, -0.2) is 15.0 Å². The average Bonchev–Trinajstić information content (AvgIpc) is 2.99. The van der Waals surface area contributed by atoms with Crippen molar-refractivity contribution in [1.82, 2.24) is 0 Å². The number of nitrogens with one attached hydrogen (secondary N) is 1. The van der Waals surface area contributed by atoms with Gasteiger partial charge in [-0.1, -0.05) is 25.0 Å². The number of alkyl halides is 3. The highest BCUT2D eigenvalue weighted by atomic mass is 32.2. The number of nitrogens with two attached hydrogens (primary N) is 1.